The average Bonchev–Trinajstić information content (AvgIpc) is 2.03. The van der Waals surface area contributed by atoms with Gasteiger partial charge in [0, 0.05) is 12.4 Å². The molecule has 0 N–H and O–H groups in total. The van der Waals surface area contributed by atoms with Gasteiger partial charge in [-0.25, -0.2) is 4.79 Å². The number of carbonyl (C=O) groups excluding carboxylic acids is 1. The highest BCUT2D eigenvalue weighted by molar-refractivity contribution is 5.89. The van der Waals surface area contributed by atoms with Crippen LogP contribution in [0.2, 0.25) is 0 Å². The van der Waals surface area contributed by atoms with Crippen molar-refractivity contribution in [3.05, 3.63) is 30.1 Å². The van der Waals surface area contributed by atoms with Gasteiger partial charge in [0.15, 0.2) is 0 Å². The zero-order valence-electron chi connectivity index (χ0n) is 8.48. The van der Waals surface area contributed by atoms with E-state index in [1.54, 1.807) is 18.3 Å². The summed E-state index contributed by atoms with van der Waals surface area (Å²) in [5, 5.41) is 0. The van der Waals surface area contributed by atoms with E-state index in [4.69, 9.17) is 4.74 Å². The number of halogens is 1. The molecule has 3 nitrogen and oxygen atoms in total. The first-order chi connectivity index (χ1) is 5.99. The van der Waals surface area contributed by atoms with Gasteiger partial charge in [0.1, 0.15) is 5.60 Å². The Morgan fingerprint density at radius 2 is 2.07 bits per heavy atom. The number of esters is 1. The number of pyridine rings is 1. The molecule has 0 aromatic carbocycles. The minimum absolute atomic E-state index is 0. The highest BCUT2D eigenvalue weighted by Gasteiger charge is 2.17. The molecule has 1 heterocycles. The number of carbonyl (C=O) groups is 1. The van der Waals surface area contributed by atoms with Crippen LogP contribution in [0.3, 0.4) is 0 Å². The van der Waals surface area contributed by atoms with Crippen molar-refractivity contribution in [2.75, 3.05) is 0 Å². The second kappa shape index (κ2) is 4.96. The van der Waals surface area contributed by atoms with Crippen molar-refractivity contribution in [1.82, 2.24) is 4.98 Å². The number of hydrogen-bond acceptors (Lipinski definition) is 3. The van der Waals surface area contributed by atoms with Crippen LogP contribution < -0.4 is 0 Å². The highest BCUT2D eigenvalue weighted by Crippen LogP contribution is 2.10. The Kier molecular flexibility index (Phi) is 4.57. The van der Waals surface area contributed by atoms with Crippen molar-refractivity contribution in [1.29, 1.82) is 0 Å². The first-order valence-corrected chi connectivity index (χ1v) is 4.12. The van der Waals surface area contributed by atoms with Gasteiger partial charge in [-0.1, -0.05) is 0 Å². The normalized spacial score (nSPS) is 10.2. The van der Waals surface area contributed by atoms with Gasteiger partial charge in [-0.3, -0.25) is 4.98 Å². The number of hydrogen-bond donors (Lipinski definition) is 0. The summed E-state index contributed by atoms with van der Waals surface area (Å²) in [5.41, 5.74) is 0.0323. The summed E-state index contributed by atoms with van der Waals surface area (Å²) < 4.78 is 5.14. The van der Waals surface area contributed by atoms with Crippen LogP contribution in [-0.2, 0) is 4.74 Å². The molecular weight excluding hydrogens is 202 g/mol. The maximum atomic E-state index is 11.4. The lowest BCUT2D eigenvalue weighted by Gasteiger charge is -2.19. The summed E-state index contributed by atoms with van der Waals surface area (Å²) in [5.74, 6) is -0.333. The number of nitrogens with zero attached hydrogens (tertiary/aromatic N) is 1. The minimum Gasteiger partial charge on any atom is -0.456 e. The Labute approximate surface area is 89.9 Å². The third-order valence-corrected chi connectivity index (χ3v) is 1.30. The Bertz CT molecular complexity index is 293. The van der Waals surface area contributed by atoms with Crippen molar-refractivity contribution in [2.24, 2.45) is 0 Å². The van der Waals surface area contributed by atoms with Gasteiger partial charge in [0.05, 0.1) is 5.56 Å². The fraction of sp³-hybridized carbons (Fsp3) is 0.400. The lowest BCUT2D eigenvalue weighted by molar-refractivity contribution is 0.00691. The molecule has 14 heavy (non-hydrogen) atoms. The predicted octanol–water partition coefficient (Wildman–Crippen LogP) is 2.46. The third-order valence-electron chi connectivity index (χ3n) is 1.30. The van der Waals surface area contributed by atoms with E-state index in [2.05, 4.69) is 4.98 Å². The Morgan fingerprint density at radius 3 is 2.50 bits per heavy atom. The molecule has 78 valence electrons. The fourth-order valence-corrected chi connectivity index (χ4v) is 0.821. The molecule has 0 aliphatic carbocycles. The predicted molar refractivity (Wildman–Crippen MR) is 56.7 cm³/mol. The van der Waals surface area contributed by atoms with Crippen molar-refractivity contribution in [2.45, 2.75) is 26.4 Å². The number of rotatable bonds is 1. The summed E-state index contributed by atoms with van der Waals surface area (Å²) in [6.07, 6.45) is 3.11. The SMILES string of the molecule is CC(C)(C)OC(=O)c1cccnc1.Cl. The van der Waals surface area contributed by atoms with E-state index in [0.717, 1.165) is 0 Å². The molecule has 0 aliphatic heterocycles. The molecule has 0 amide bonds. The lowest BCUT2D eigenvalue weighted by atomic mass is 10.2. The van der Waals surface area contributed by atoms with Crippen LogP contribution in [0.15, 0.2) is 24.5 Å². The minimum atomic E-state index is -0.451. The fourth-order valence-electron chi connectivity index (χ4n) is 0.821. The smallest absolute Gasteiger partial charge is 0.340 e. The van der Waals surface area contributed by atoms with Crippen molar-refractivity contribution in [3.8, 4) is 0 Å². The van der Waals surface area contributed by atoms with Gasteiger partial charge in [-0.15, -0.1) is 12.4 Å². The van der Waals surface area contributed by atoms with Crippen LogP contribution in [0.5, 0.6) is 0 Å². The Morgan fingerprint density at radius 1 is 1.43 bits per heavy atom. The Balaban J connectivity index is 0.00000169. The van der Waals surface area contributed by atoms with Crippen LogP contribution in [-0.4, -0.2) is 16.6 Å². The summed E-state index contributed by atoms with van der Waals surface area (Å²) in [7, 11) is 0. The molecular formula is C10H14ClNO2. The van der Waals surface area contributed by atoms with Crippen molar-refractivity contribution in [3.63, 3.8) is 0 Å². The van der Waals surface area contributed by atoms with E-state index >= 15 is 0 Å². The first-order valence-electron chi connectivity index (χ1n) is 4.12. The summed E-state index contributed by atoms with van der Waals surface area (Å²) in [6.45, 7) is 5.50. The van der Waals surface area contributed by atoms with E-state index in [0.29, 0.717) is 5.56 Å². The monoisotopic (exact) mass is 215 g/mol. The molecule has 0 radical (unpaired) electrons. The highest BCUT2D eigenvalue weighted by atomic mass is 35.5. The van der Waals surface area contributed by atoms with Gasteiger partial charge >= 0.3 is 5.97 Å². The quantitative estimate of drug-likeness (QED) is 0.676. The first kappa shape index (κ1) is 12.9. The van der Waals surface area contributed by atoms with Gasteiger partial charge < -0.3 is 4.74 Å². The maximum Gasteiger partial charge on any atom is 0.340 e. The molecule has 0 aliphatic rings. The van der Waals surface area contributed by atoms with Gasteiger partial charge in [0.2, 0.25) is 0 Å². The topological polar surface area (TPSA) is 39.2 Å². The molecule has 1 rings (SSSR count). The van der Waals surface area contributed by atoms with Crippen LogP contribution in [0.25, 0.3) is 0 Å². The van der Waals surface area contributed by atoms with E-state index in [1.165, 1.54) is 6.20 Å². The third kappa shape index (κ3) is 4.23. The van der Waals surface area contributed by atoms with Crippen LogP contribution in [0.4, 0.5) is 0 Å². The molecule has 0 fully saturated rings. The van der Waals surface area contributed by atoms with E-state index in [1.807, 2.05) is 20.8 Å². The van der Waals surface area contributed by atoms with Crippen LogP contribution >= 0.6 is 12.4 Å². The van der Waals surface area contributed by atoms with E-state index < -0.39 is 5.60 Å². The van der Waals surface area contributed by atoms with Gasteiger partial charge in [-0.2, -0.15) is 0 Å². The average molecular weight is 216 g/mol. The molecule has 0 saturated heterocycles. The van der Waals surface area contributed by atoms with Crippen LogP contribution in [0.1, 0.15) is 31.1 Å². The number of ether oxygens (including phenoxy) is 1. The molecule has 0 atom stereocenters. The zero-order valence-corrected chi connectivity index (χ0v) is 9.30. The summed E-state index contributed by atoms with van der Waals surface area (Å²) >= 11 is 0. The van der Waals surface area contributed by atoms with Gasteiger partial charge in [-0.05, 0) is 32.9 Å². The zero-order chi connectivity index (χ0) is 9.90. The van der Waals surface area contributed by atoms with E-state index in [9.17, 15) is 4.79 Å². The van der Waals surface area contributed by atoms with Gasteiger partial charge in [0.25, 0.3) is 0 Å². The molecule has 0 unspecified atom stereocenters. The largest absolute Gasteiger partial charge is 0.456 e. The van der Waals surface area contributed by atoms with E-state index in [-0.39, 0.29) is 18.4 Å². The number of aromatic nitrogens is 1. The van der Waals surface area contributed by atoms with Crippen molar-refractivity contribution < 1.29 is 9.53 Å². The standard InChI is InChI=1S/C10H13NO2.ClH/c1-10(2,3)13-9(12)8-5-4-6-11-7-8;/h4-7H,1-3H3;1H. The summed E-state index contributed by atoms with van der Waals surface area (Å²) in [4.78, 5) is 15.2. The Hall–Kier alpha value is -1.09. The molecule has 4 heteroatoms. The second-order valence-electron chi connectivity index (χ2n) is 3.74. The molecule has 1 aromatic heterocycles. The second-order valence-corrected chi connectivity index (χ2v) is 3.74. The summed E-state index contributed by atoms with van der Waals surface area (Å²) in [6, 6.07) is 3.39. The lowest BCUT2D eigenvalue weighted by Crippen LogP contribution is -2.23. The molecule has 0 saturated carbocycles. The van der Waals surface area contributed by atoms with Crippen molar-refractivity contribution >= 4 is 18.4 Å². The van der Waals surface area contributed by atoms with Crippen LogP contribution in [0, 0.1) is 0 Å². The maximum absolute atomic E-state index is 11.4. The molecule has 0 bridgehead atoms. The molecule has 1 aromatic rings. The molecule has 0 spiro atoms.